The molecule has 2 aromatic rings. The van der Waals surface area contributed by atoms with Gasteiger partial charge in [-0.3, -0.25) is 9.59 Å². The first kappa shape index (κ1) is 24.6. The van der Waals surface area contributed by atoms with Gasteiger partial charge in [0.1, 0.15) is 5.82 Å². The number of hydrogen-bond acceptors (Lipinski definition) is 3. The van der Waals surface area contributed by atoms with Gasteiger partial charge < -0.3 is 10.2 Å². The standard InChI is InChI=1S/C24H32Cl2N4O2/c1-5-6-7-12-29(23(32)16-8-9-16)15-22(31)27-21-14-20(24(2,3)4)28-30(21)17-10-11-18(25)19(26)13-17/h10-11,13-14,16H,5-9,12,15H2,1-4H3,(H,27,31). The molecule has 0 radical (unpaired) electrons. The van der Waals surface area contributed by atoms with E-state index in [2.05, 4.69) is 33.0 Å². The van der Waals surface area contributed by atoms with Crippen molar-refractivity contribution in [1.82, 2.24) is 14.7 Å². The molecule has 1 saturated carbocycles. The summed E-state index contributed by atoms with van der Waals surface area (Å²) in [6, 6.07) is 7.08. The summed E-state index contributed by atoms with van der Waals surface area (Å²) in [5.41, 5.74) is 1.31. The summed E-state index contributed by atoms with van der Waals surface area (Å²) in [5, 5.41) is 8.53. The second-order valence-corrected chi connectivity index (χ2v) is 10.3. The predicted octanol–water partition coefficient (Wildman–Crippen LogP) is 5.84. The Morgan fingerprint density at radius 1 is 1.16 bits per heavy atom. The first-order valence-electron chi connectivity index (χ1n) is 11.2. The Morgan fingerprint density at radius 2 is 1.88 bits per heavy atom. The van der Waals surface area contributed by atoms with Crippen LogP contribution in [0, 0.1) is 5.92 Å². The molecule has 3 rings (SSSR count). The van der Waals surface area contributed by atoms with Crippen molar-refractivity contribution < 1.29 is 9.59 Å². The van der Waals surface area contributed by atoms with E-state index < -0.39 is 0 Å². The number of hydrogen-bond donors (Lipinski definition) is 1. The lowest BCUT2D eigenvalue weighted by Gasteiger charge is -2.22. The number of unbranched alkanes of at least 4 members (excludes halogenated alkanes) is 2. The molecule has 6 nitrogen and oxygen atoms in total. The number of amides is 2. The van der Waals surface area contributed by atoms with Crippen LogP contribution in [0.3, 0.4) is 0 Å². The summed E-state index contributed by atoms with van der Waals surface area (Å²) in [6.07, 6.45) is 4.84. The molecule has 1 aliphatic carbocycles. The van der Waals surface area contributed by atoms with Crippen molar-refractivity contribution in [3.63, 3.8) is 0 Å². The molecule has 1 aliphatic rings. The van der Waals surface area contributed by atoms with Crippen molar-refractivity contribution in [2.75, 3.05) is 18.4 Å². The van der Waals surface area contributed by atoms with Crippen molar-refractivity contribution in [2.45, 2.75) is 65.2 Å². The van der Waals surface area contributed by atoms with E-state index in [1.165, 1.54) is 0 Å². The highest BCUT2D eigenvalue weighted by Gasteiger charge is 2.34. The molecule has 0 saturated heterocycles. The molecule has 1 aromatic carbocycles. The Labute approximate surface area is 200 Å². The highest BCUT2D eigenvalue weighted by Crippen LogP contribution is 2.32. The molecule has 0 unspecified atom stereocenters. The smallest absolute Gasteiger partial charge is 0.245 e. The molecular weight excluding hydrogens is 447 g/mol. The van der Waals surface area contributed by atoms with E-state index in [1.807, 2.05) is 6.07 Å². The van der Waals surface area contributed by atoms with Gasteiger partial charge >= 0.3 is 0 Å². The van der Waals surface area contributed by atoms with E-state index in [0.29, 0.717) is 28.1 Å². The Kier molecular flexibility index (Phi) is 7.88. The van der Waals surface area contributed by atoms with Gasteiger partial charge in [0, 0.05) is 23.9 Å². The van der Waals surface area contributed by atoms with Gasteiger partial charge in [-0.25, -0.2) is 4.68 Å². The molecular formula is C24H32Cl2N4O2. The van der Waals surface area contributed by atoms with Gasteiger partial charge in [-0.2, -0.15) is 5.10 Å². The Bertz CT molecular complexity index is 977. The molecule has 32 heavy (non-hydrogen) atoms. The molecule has 0 bridgehead atoms. The third kappa shape index (κ3) is 6.26. The number of rotatable bonds is 9. The van der Waals surface area contributed by atoms with Gasteiger partial charge in [0.25, 0.3) is 0 Å². The van der Waals surface area contributed by atoms with Crippen LogP contribution in [0.5, 0.6) is 0 Å². The molecule has 0 spiro atoms. The summed E-state index contributed by atoms with van der Waals surface area (Å²) >= 11 is 12.3. The van der Waals surface area contributed by atoms with Crippen LogP contribution in [-0.2, 0) is 15.0 Å². The van der Waals surface area contributed by atoms with Crippen molar-refractivity contribution >= 4 is 40.8 Å². The second kappa shape index (κ2) is 10.3. The lowest BCUT2D eigenvalue weighted by atomic mass is 9.92. The zero-order valence-corrected chi connectivity index (χ0v) is 20.8. The van der Waals surface area contributed by atoms with Gasteiger partial charge in [-0.15, -0.1) is 0 Å². The van der Waals surface area contributed by atoms with Crippen LogP contribution in [0.15, 0.2) is 24.3 Å². The largest absolute Gasteiger partial charge is 0.333 e. The van der Waals surface area contributed by atoms with E-state index in [1.54, 1.807) is 27.8 Å². The third-order valence-electron chi connectivity index (χ3n) is 5.50. The summed E-state index contributed by atoms with van der Waals surface area (Å²) in [5.74, 6) is 0.464. The molecule has 0 aliphatic heterocycles. The number of halogens is 2. The van der Waals surface area contributed by atoms with Gasteiger partial charge in [-0.05, 0) is 37.5 Å². The topological polar surface area (TPSA) is 67.2 Å². The zero-order chi connectivity index (χ0) is 23.5. The van der Waals surface area contributed by atoms with Gasteiger partial charge in [0.15, 0.2) is 0 Å². The number of benzene rings is 1. The predicted molar refractivity (Wildman–Crippen MR) is 130 cm³/mol. The van der Waals surface area contributed by atoms with E-state index in [0.717, 1.165) is 37.8 Å². The average Bonchev–Trinajstić information content (AvgIpc) is 3.48. The van der Waals surface area contributed by atoms with Crippen molar-refractivity contribution in [3.8, 4) is 5.69 Å². The summed E-state index contributed by atoms with van der Waals surface area (Å²) in [4.78, 5) is 27.4. The molecule has 8 heteroatoms. The maximum Gasteiger partial charge on any atom is 0.245 e. The average molecular weight is 479 g/mol. The lowest BCUT2D eigenvalue weighted by molar-refractivity contribution is -0.135. The maximum atomic E-state index is 13.0. The molecule has 174 valence electrons. The van der Waals surface area contributed by atoms with Crippen LogP contribution >= 0.6 is 23.2 Å². The van der Waals surface area contributed by atoms with Crippen molar-refractivity contribution in [1.29, 1.82) is 0 Å². The highest BCUT2D eigenvalue weighted by atomic mass is 35.5. The Morgan fingerprint density at radius 3 is 2.47 bits per heavy atom. The fraction of sp³-hybridized carbons (Fsp3) is 0.542. The summed E-state index contributed by atoms with van der Waals surface area (Å²) in [7, 11) is 0. The van der Waals surface area contributed by atoms with E-state index in [4.69, 9.17) is 28.3 Å². The quantitative estimate of drug-likeness (QED) is 0.459. The van der Waals surface area contributed by atoms with Crippen LogP contribution in [0.25, 0.3) is 5.69 Å². The van der Waals surface area contributed by atoms with E-state index in [-0.39, 0.29) is 29.7 Å². The number of anilines is 1. The van der Waals surface area contributed by atoms with Crippen molar-refractivity contribution in [2.24, 2.45) is 5.92 Å². The second-order valence-electron chi connectivity index (χ2n) is 9.46. The maximum absolute atomic E-state index is 13.0. The van der Waals surface area contributed by atoms with Gasteiger partial charge in [0.05, 0.1) is 28.0 Å². The van der Waals surface area contributed by atoms with Gasteiger partial charge in [0.2, 0.25) is 11.8 Å². The summed E-state index contributed by atoms with van der Waals surface area (Å²) in [6.45, 7) is 8.95. The Balaban J connectivity index is 1.82. The van der Waals surface area contributed by atoms with Crippen LogP contribution in [0.1, 0.15) is 65.5 Å². The first-order chi connectivity index (χ1) is 15.1. The molecule has 0 atom stereocenters. The normalized spacial score (nSPS) is 13.8. The monoisotopic (exact) mass is 478 g/mol. The number of carbonyl (C=O) groups excluding carboxylic acids is 2. The lowest BCUT2D eigenvalue weighted by Crippen LogP contribution is -2.39. The minimum Gasteiger partial charge on any atom is -0.333 e. The third-order valence-corrected chi connectivity index (χ3v) is 6.24. The van der Waals surface area contributed by atoms with E-state index in [9.17, 15) is 9.59 Å². The molecule has 1 fully saturated rings. The number of nitrogens with one attached hydrogen (secondary N) is 1. The fourth-order valence-electron chi connectivity index (χ4n) is 3.41. The SMILES string of the molecule is CCCCCN(CC(=O)Nc1cc(C(C)(C)C)nn1-c1ccc(Cl)c(Cl)c1)C(=O)C1CC1. The van der Waals surface area contributed by atoms with E-state index >= 15 is 0 Å². The van der Waals surface area contributed by atoms with Gasteiger partial charge in [-0.1, -0.05) is 63.7 Å². The molecule has 1 aromatic heterocycles. The van der Waals surface area contributed by atoms with Crippen LogP contribution in [0.2, 0.25) is 10.0 Å². The molecule has 1 heterocycles. The van der Waals surface area contributed by atoms with Crippen LogP contribution in [0.4, 0.5) is 5.82 Å². The first-order valence-corrected chi connectivity index (χ1v) is 12.0. The zero-order valence-electron chi connectivity index (χ0n) is 19.3. The molecule has 2 amide bonds. The van der Waals surface area contributed by atoms with Crippen molar-refractivity contribution in [3.05, 3.63) is 40.0 Å². The van der Waals surface area contributed by atoms with Crippen LogP contribution in [-0.4, -0.2) is 39.6 Å². The fourth-order valence-corrected chi connectivity index (χ4v) is 3.71. The Hall–Kier alpha value is -2.05. The number of carbonyl (C=O) groups is 2. The number of aromatic nitrogens is 2. The highest BCUT2D eigenvalue weighted by molar-refractivity contribution is 6.42. The summed E-state index contributed by atoms with van der Waals surface area (Å²) < 4.78 is 1.66. The van der Waals surface area contributed by atoms with Crippen LogP contribution < -0.4 is 5.32 Å². The minimum absolute atomic E-state index is 0.0381. The molecule has 1 N–H and O–H groups in total. The number of nitrogens with zero attached hydrogens (tertiary/aromatic N) is 3. The minimum atomic E-state index is -0.239.